The summed E-state index contributed by atoms with van der Waals surface area (Å²) in [6.45, 7) is -1.33. The van der Waals surface area contributed by atoms with Gasteiger partial charge >= 0.3 is 0 Å². The van der Waals surface area contributed by atoms with Gasteiger partial charge in [-0.05, 0) is 18.2 Å². The van der Waals surface area contributed by atoms with Crippen LogP contribution in [-0.4, -0.2) is 34.1 Å². The van der Waals surface area contributed by atoms with Gasteiger partial charge in [-0.25, -0.2) is 0 Å². The number of aliphatic hydroxyl groups excluding tert-OH is 2. The summed E-state index contributed by atoms with van der Waals surface area (Å²) in [7, 11) is 0. The summed E-state index contributed by atoms with van der Waals surface area (Å²) in [4.78, 5) is 23.5. The minimum absolute atomic E-state index is 0.167. The first-order valence-corrected chi connectivity index (χ1v) is 8.19. The predicted molar refractivity (Wildman–Crippen MR) is 91.5 cm³/mol. The number of fused-ring (bicyclic) bond motifs is 1. The molecule has 0 aliphatic carbocycles. The summed E-state index contributed by atoms with van der Waals surface area (Å²) in [5, 5.41) is 30.9. The number of nitro benzene ring substituents is 1. The maximum absolute atomic E-state index is 13.0. The second-order valence-electron chi connectivity index (χ2n) is 5.79. The fourth-order valence-electron chi connectivity index (χ4n) is 2.96. The summed E-state index contributed by atoms with van der Waals surface area (Å²) < 4.78 is 6.55. The number of carbonyl (C=O) groups excluding carboxylic acids is 1. The Kier molecular flexibility index (Phi) is 4.59. The topological polar surface area (TPSA) is 110 Å². The largest absolute Gasteiger partial charge is 0.484 e. The van der Waals surface area contributed by atoms with Gasteiger partial charge in [-0.15, -0.1) is 0 Å². The Hall–Kier alpha value is -2.29. The molecule has 8 heteroatoms. The van der Waals surface area contributed by atoms with Gasteiger partial charge in [0.05, 0.1) is 23.7 Å². The zero-order valence-corrected chi connectivity index (χ0v) is 14.5. The highest BCUT2D eigenvalue weighted by molar-refractivity contribution is 9.10. The number of hydrogen-bond acceptors (Lipinski definition) is 6. The molecule has 1 aliphatic rings. The van der Waals surface area contributed by atoms with E-state index in [2.05, 4.69) is 15.9 Å². The van der Waals surface area contributed by atoms with Gasteiger partial charge in [-0.3, -0.25) is 14.9 Å². The highest BCUT2D eigenvalue weighted by atomic mass is 79.9. The van der Waals surface area contributed by atoms with Gasteiger partial charge in [-0.2, -0.15) is 0 Å². The number of halogens is 1. The van der Waals surface area contributed by atoms with Crippen LogP contribution in [0.3, 0.4) is 0 Å². The molecule has 0 saturated heterocycles. The zero-order valence-electron chi connectivity index (χ0n) is 12.9. The molecule has 2 aromatic carbocycles. The minimum Gasteiger partial charge on any atom is -0.484 e. The van der Waals surface area contributed by atoms with Crippen LogP contribution in [-0.2, 0) is 0 Å². The Labute approximate surface area is 151 Å². The molecule has 25 heavy (non-hydrogen) atoms. The minimum atomic E-state index is -1.64. The molecule has 7 nitrogen and oxygen atoms in total. The lowest BCUT2D eigenvalue weighted by atomic mass is 9.72. The second-order valence-corrected chi connectivity index (χ2v) is 6.71. The summed E-state index contributed by atoms with van der Waals surface area (Å²) in [5.41, 5.74) is -1.23. The van der Waals surface area contributed by atoms with Crippen molar-refractivity contribution in [1.82, 2.24) is 0 Å². The van der Waals surface area contributed by atoms with Gasteiger partial charge in [0.25, 0.3) is 5.69 Å². The van der Waals surface area contributed by atoms with E-state index in [1.165, 1.54) is 18.2 Å². The van der Waals surface area contributed by atoms with Crippen molar-refractivity contribution in [1.29, 1.82) is 0 Å². The van der Waals surface area contributed by atoms with Gasteiger partial charge in [0.2, 0.25) is 0 Å². The lowest BCUT2D eigenvalue weighted by Gasteiger charge is -2.41. The smallest absolute Gasteiger partial charge is 0.269 e. The average Bonchev–Trinajstić information content (AvgIpc) is 2.62. The third kappa shape index (κ3) is 2.82. The van der Waals surface area contributed by atoms with Crippen LogP contribution in [0.15, 0.2) is 46.9 Å². The van der Waals surface area contributed by atoms with E-state index in [4.69, 9.17) is 4.74 Å². The maximum Gasteiger partial charge on any atom is 0.269 e. The number of hydrogen-bond donors (Lipinski definition) is 2. The zero-order chi connectivity index (χ0) is 18.2. The average molecular weight is 408 g/mol. The van der Waals surface area contributed by atoms with E-state index in [1.807, 2.05) is 0 Å². The van der Waals surface area contributed by atoms with E-state index >= 15 is 0 Å². The molecule has 3 rings (SSSR count). The van der Waals surface area contributed by atoms with Crippen molar-refractivity contribution in [3.63, 3.8) is 0 Å². The highest BCUT2D eigenvalue weighted by Gasteiger charge is 2.52. The van der Waals surface area contributed by atoms with Crippen molar-refractivity contribution in [3.05, 3.63) is 68.2 Å². The molecular formula is C17H14BrNO6. The summed E-state index contributed by atoms with van der Waals surface area (Å²) in [5.74, 6) is -0.182. The second kappa shape index (κ2) is 6.55. The van der Waals surface area contributed by atoms with Crippen LogP contribution in [0, 0.1) is 15.5 Å². The van der Waals surface area contributed by atoms with E-state index in [0.29, 0.717) is 15.8 Å². The Balaban J connectivity index is 2.17. The van der Waals surface area contributed by atoms with Crippen molar-refractivity contribution in [3.8, 4) is 5.75 Å². The number of ether oxygens (including phenoxy) is 1. The first-order chi connectivity index (χ1) is 11.9. The standard InChI is InChI=1S/C17H14BrNO6/c18-11-4-5-14-13(7-11)15(22)17(8-20,9-21)16(25-14)10-2-1-3-12(6-10)19(23)24/h1-7,16,20-21H,8-9H2. The SMILES string of the molecule is O=C1c2cc(Br)ccc2OC(c2cccc([N+](=O)[O-])c2)C1(CO)CO. The van der Waals surface area contributed by atoms with Gasteiger partial charge in [-0.1, -0.05) is 28.1 Å². The van der Waals surface area contributed by atoms with E-state index in [9.17, 15) is 25.1 Å². The maximum atomic E-state index is 13.0. The van der Waals surface area contributed by atoms with E-state index in [1.54, 1.807) is 24.3 Å². The molecule has 1 unspecified atom stereocenters. The molecule has 1 atom stereocenters. The predicted octanol–water partition coefficient (Wildman–Crippen LogP) is 2.64. The number of nitro groups is 1. The van der Waals surface area contributed by atoms with Crippen LogP contribution in [0.5, 0.6) is 5.75 Å². The van der Waals surface area contributed by atoms with Crippen molar-refractivity contribution in [2.24, 2.45) is 5.41 Å². The molecule has 0 radical (unpaired) electrons. The number of aliphatic hydroxyl groups is 2. The Morgan fingerprint density at radius 2 is 1.92 bits per heavy atom. The Morgan fingerprint density at radius 3 is 2.56 bits per heavy atom. The highest BCUT2D eigenvalue weighted by Crippen LogP contribution is 2.47. The van der Waals surface area contributed by atoms with Crippen LogP contribution in [0.4, 0.5) is 5.69 Å². The first-order valence-electron chi connectivity index (χ1n) is 7.40. The number of rotatable bonds is 4. The summed E-state index contributed by atoms with van der Waals surface area (Å²) in [6, 6.07) is 10.5. The molecule has 0 fully saturated rings. The van der Waals surface area contributed by atoms with Crippen LogP contribution in [0.25, 0.3) is 0 Å². The number of benzene rings is 2. The van der Waals surface area contributed by atoms with E-state index in [0.717, 1.165) is 0 Å². The molecular weight excluding hydrogens is 394 g/mol. The molecule has 0 saturated carbocycles. The molecule has 2 N–H and O–H groups in total. The van der Waals surface area contributed by atoms with Crippen molar-refractivity contribution in [2.75, 3.05) is 13.2 Å². The Morgan fingerprint density at radius 1 is 1.20 bits per heavy atom. The van der Waals surface area contributed by atoms with Crippen LogP contribution >= 0.6 is 15.9 Å². The fraction of sp³-hybridized carbons (Fsp3) is 0.235. The quantitative estimate of drug-likeness (QED) is 0.595. The number of non-ortho nitro benzene ring substituents is 1. The first kappa shape index (κ1) is 17.5. The molecule has 0 aromatic heterocycles. The molecule has 0 amide bonds. The molecule has 0 spiro atoms. The normalized spacial score (nSPS) is 18.4. The number of nitrogens with zero attached hydrogens (tertiary/aromatic N) is 1. The number of carbonyl (C=O) groups is 1. The van der Waals surface area contributed by atoms with Crippen LogP contribution < -0.4 is 4.74 Å². The molecule has 130 valence electrons. The molecule has 1 aliphatic heterocycles. The van der Waals surface area contributed by atoms with Gasteiger partial charge < -0.3 is 14.9 Å². The fourth-order valence-corrected chi connectivity index (χ4v) is 3.32. The lowest BCUT2D eigenvalue weighted by molar-refractivity contribution is -0.385. The summed E-state index contributed by atoms with van der Waals surface area (Å²) >= 11 is 3.28. The van der Waals surface area contributed by atoms with Gasteiger partial charge in [0.15, 0.2) is 5.78 Å². The van der Waals surface area contributed by atoms with Gasteiger partial charge in [0, 0.05) is 22.2 Å². The van der Waals surface area contributed by atoms with Gasteiger partial charge in [0.1, 0.15) is 17.3 Å². The molecule has 1 heterocycles. The molecule has 2 aromatic rings. The van der Waals surface area contributed by atoms with Crippen LogP contribution in [0.1, 0.15) is 22.0 Å². The van der Waals surface area contributed by atoms with Crippen molar-refractivity contribution >= 4 is 27.4 Å². The number of ketones is 1. The number of Topliss-reactive ketones (excluding diaryl/α,β-unsaturated/α-hetero) is 1. The summed E-state index contributed by atoms with van der Waals surface area (Å²) in [6.07, 6.45) is -1.05. The Bertz CT molecular complexity index is 849. The third-order valence-electron chi connectivity index (χ3n) is 4.33. The lowest BCUT2D eigenvalue weighted by Crippen LogP contribution is -2.49. The monoisotopic (exact) mass is 407 g/mol. The van der Waals surface area contributed by atoms with E-state index < -0.39 is 35.4 Å². The van der Waals surface area contributed by atoms with Crippen LogP contribution in [0.2, 0.25) is 0 Å². The van der Waals surface area contributed by atoms with Crippen molar-refractivity contribution < 1.29 is 24.7 Å². The van der Waals surface area contributed by atoms with E-state index in [-0.39, 0.29) is 11.3 Å². The third-order valence-corrected chi connectivity index (χ3v) is 4.83. The van der Waals surface area contributed by atoms with Crippen molar-refractivity contribution in [2.45, 2.75) is 6.10 Å². The molecule has 0 bridgehead atoms.